The van der Waals surface area contributed by atoms with Crippen LogP contribution in [0.4, 0.5) is 5.69 Å². The standard InChI is InChI=1S/C10H16NO2Si/c1-3-12-14(13-4-2)10-7-5-9(11)6-8-10/h5-8H,3-4,11H2,1-2H3. The van der Waals surface area contributed by atoms with E-state index in [4.69, 9.17) is 14.6 Å². The zero-order valence-corrected chi connectivity index (χ0v) is 9.62. The molecular formula is C10H16NO2Si. The molecule has 2 N–H and O–H groups in total. The van der Waals surface area contributed by atoms with E-state index in [1.165, 1.54) is 0 Å². The number of anilines is 1. The second-order valence-corrected chi connectivity index (χ2v) is 4.51. The SMILES string of the molecule is CCO[Si](OCC)c1ccc(N)cc1. The van der Waals surface area contributed by atoms with E-state index in [0.717, 1.165) is 10.9 Å². The van der Waals surface area contributed by atoms with Crippen LogP contribution in [0, 0.1) is 0 Å². The lowest BCUT2D eigenvalue weighted by atomic mass is 10.3. The van der Waals surface area contributed by atoms with E-state index in [0.29, 0.717) is 13.2 Å². The summed E-state index contributed by atoms with van der Waals surface area (Å²) < 4.78 is 11.1. The summed E-state index contributed by atoms with van der Waals surface area (Å²) in [6.07, 6.45) is 0. The molecule has 77 valence electrons. The molecule has 0 fully saturated rings. The van der Waals surface area contributed by atoms with E-state index in [1.807, 2.05) is 38.1 Å². The normalized spacial score (nSPS) is 10.8. The van der Waals surface area contributed by atoms with Gasteiger partial charge in [0, 0.05) is 18.9 Å². The molecule has 0 bridgehead atoms. The van der Waals surface area contributed by atoms with Crippen LogP contribution < -0.4 is 10.9 Å². The number of nitrogen functional groups attached to an aromatic ring is 1. The molecule has 1 rings (SSSR count). The molecule has 0 atom stereocenters. The summed E-state index contributed by atoms with van der Waals surface area (Å²) in [5.74, 6) is 0. The third-order valence-corrected chi connectivity index (χ3v) is 3.60. The van der Waals surface area contributed by atoms with E-state index < -0.39 is 9.28 Å². The molecule has 0 aliphatic rings. The molecule has 4 heteroatoms. The fourth-order valence-electron chi connectivity index (χ4n) is 1.09. The summed E-state index contributed by atoms with van der Waals surface area (Å²) in [6, 6.07) is 7.68. The summed E-state index contributed by atoms with van der Waals surface area (Å²) in [6.45, 7) is 5.30. The molecule has 0 saturated heterocycles. The molecule has 0 unspecified atom stereocenters. The number of hydrogen-bond acceptors (Lipinski definition) is 3. The smallest absolute Gasteiger partial charge is 0.399 e. The van der Waals surface area contributed by atoms with Crippen molar-refractivity contribution in [1.29, 1.82) is 0 Å². The Balaban J connectivity index is 2.71. The predicted molar refractivity (Wildman–Crippen MR) is 59.5 cm³/mol. The van der Waals surface area contributed by atoms with Gasteiger partial charge >= 0.3 is 9.28 Å². The van der Waals surface area contributed by atoms with Gasteiger partial charge in [-0.05, 0) is 31.2 Å². The minimum absolute atomic E-state index is 0.679. The van der Waals surface area contributed by atoms with Crippen molar-refractivity contribution in [1.82, 2.24) is 0 Å². The zero-order chi connectivity index (χ0) is 10.4. The van der Waals surface area contributed by atoms with Gasteiger partial charge in [0.15, 0.2) is 0 Å². The van der Waals surface area contributed by atoms with Crippen molar-refractivity contribution in [2.45, 2.75) is 13.8 Å². The van der Waals surface area contributed by atoms with Crippen LogP contribution >= 0.6 is 0 Å². The maximum absolute atomic E-state index is 5.60. The first-order valence-electron chi connectivity index (χ1n) is 4.76. The van der Waals surface area contributed by atoms with E-state index in [2.05, 4.69) is 0 Å². The minimum atomic E-state index is -1.30. The average molecular weight is 210 g/mol. The first kappa shape index (κ1) is 11.2. The third kappa shape index (κ3) is 3.14. The predicted octanol–water partition coefficient (Wildman–Crippen LogP) is 1.04. The Morgan fingerprint density at radius 3 is 2.00 bits per heavy atom. The lowest BCUT2D eigenvalue weighted by molar-refractivity contribution is 0.225. The third-order valence-electron chi connectivity index (χ3n) is 1.70. The van der Waals surface area contributed by atoms with Gasteiger partial charge in [0.05, 0.1) is 0 Å². The molecule has 3 nitrogen and oxygen atoms in total. The summed E-state index contributed by atoms with van der Waals surface area (Å²) in [5, 5.41) is 1.10. The van der Waals surface area contributed by atoms with E-state index in [1.54, 1.807) is 0 Å². The Morgan fingerprint density at radius 1 is 1.07 bits per heavy atom. The molecule has 0 aromatic heterocycles. The van der Waals surface area contributed by atoms with Gasteiger partial charge in [0.2, 0.25) is 0 Å². The molecule has 0 aliphatic heterocycles. The summed E-state index contributed by atoms with van der Waals surface area (Å²) in [4.78, 5) is 0. The maximum atomic E-state index is 5.60. The van der Waals surface area contributed by atoms with Gasteiger partial charge in [0.25, 0.3) is 0 Å². The van der Waals surface area contributed by atoms with Gasteiger partial charge in [0.1, 0.15) is 0 Å². The van der Waals surface area contributed by atoms with E-state index >= 15 is 0 Å². The molecule has 0 aliphatic carbocycles. The van der Waals surface area contributed by atoms with Crippen molar-refractivity contribution in [2.24, 2.45) is 0 Å². The molecular weight excluding hydrogens is 194 g/mol. The fourth-order valence-corrected chi connectivity index (χ4v) is 2.47. The maximum Gasteiger partial charge on any atom is 0.423 e. The van der Waals surface area contributed by atoms with Gasteiger partial charge in [-0.1, -0.05) is 12.1 Å². The van der Waals surface area contributed by atoms with Crippen molar-refractivity contribution in [3.05, 3.63) is 24.3 Å². The van der Waals surface area contributed by atoms with Crippen LogP contribution in [0.2, 0.25) is 0 Å². The second kappa shape index (κ2) is 5.80. The second-order valence-electron chi connectivity index (χ2n) is 2.78. The lowest BCUT2D eigenvalue weighted by Crippen LogP contribution is -2.36. The quantitative estimate of drug-likeness (QED) is 0.583. The molecule has 0 heterocycles. The molecule has 1 radical (unpaired) electrons. The van der Waals surface area contributed by atoms with Crippen LogP contribution in [0.25, 0.3) is 0 Å². The first-order chi connectivity index (χ1) is 6.77. The van der Waals surface area contributed by atoms with Gasteiger partial charge in [-0.3, -0.25) is 0 Å². The molecule has 0 spiro atoms. The van der Waals surface area contributed by atoms with Crippen LogP contribution in [0.1, 0.15) is 13.8 Å². The van der Waals surface area contributed by atoms with Crippen molar-refractivity contribution in [3.8, 4) is 0 Å². The lowest BCUT2D eigenvalue weighted by Gasteiger charge is -2.13. The zero-order valence-electron chi connectivity index (χ0n) is 8.62. The van der Waals surface area contributed by atoms with Crippen molar-refractivity contribution < 1.29 is 8.85 Å². The topological polar surface area (TPSA) is 44.5 Å². The molecule has 1 aromatic carbocycles. The Hall–Kier alpha value is -0.843. The Labute approximate surface area is 86.7 Å². The first-order valence-corrected chi connectivity index (χ1v) is 6.08. The van der Waals surface area contributed by atoms with Crippen molar-refractivity contribution >= 4 is 20.2 Å². The van der Waals surface area contributed by atoms with Crippen LogP contribution in [-0.4, -0.2) is 22.5 Å². The molecule has 0 saturated carbocycles. The summed E-state index contributed by atoms with van der Waals surface area (Å²) in [7, 11) is -1.30. The molecule has 1 aromatic rings. The molecule has 0 amide bonds. The highest BCUT2D eigenvalue weighted by Gasteiger charge is 2.17. The highest BCUT2D eigenvalue weighted by molar-refractivity contribution is 6.61. The van der Waals surface area contributed by atoms with Gasteiger partial charge in [-0.2, -0.15) is 0 Å². The monoisotopic (exact) mass is 210 g/mol. The van der Waals surface area contributed by atoms with E-state index in [9.17, 15) is 0 Å². The number of rotatable bonds is 5. The van der Waals surface area contributed by atoms with Crippen LogP contribution in [0.15, 0.2) is 24.3 Å². The van der Waals surface area contributed by atoms with Gasteiger partial charge in [-0.25, -0.2) is 0 Å². The van der Waals surface area contributed by atoms with Gasteiger partial charge < -0.3 is 14.6 Å². The Kier molecular flexibility index (Phi) is 4.65. The molecule has 14 heavy (non-hydrogen) atoms. The van der Waals surface area contributed by atoms with Crippen molar-refractivity contribution in [3.63, 3.8) is 0 Å². The van der Waals surface area contributed by atoms with Crippen LogP contribution in [0.5, 0.6) is 0 Å². The highest BCUT2D eigenvalue weighted by atomic mass is 28.3. The Morgan fingerprint density at radius 2 is 1.57 bits per heavy atom. The van der Waals surface area contributed by atoms with Gasteiger partial charge in [-0.15, -0.1) is 0 Å². The largest absolute Gasteiger partial charge is 0.423 e. The number of benzene rings is 1. The number of hydrogen-bond donors (Lipinski definition) is 1. The van der Waals surface area contributed by atoms with Crippen LogP contribution in [-0.2, 0) is 8.85 Å². The number of nitrogens with two attached hydrogens (primary N) is 1. The summed E-state index contributed by atoms with van der Waals surface area (Å²) >= 11 is 0. The van der Waals surface area contributed by atoms with E-state index in [-0.39, 0.29) is 0 Å². The van der Waals surface area contributed by atoms with Crippen LogP contribution in [0.3, 0.4) is 0 Å². The minimum Gasteiger partial charge on any atom is -0.399 e. The average Bonchev–Trinajstić information content (AvgIpc) is 2.19. The highest BCUT2D eigenvalue weighted by Crippen LogP contribution is 1.99. The summed E-state index contributed by atoms with van der Waals surface area (Å²) in [5.41, 5.74) is 6.37. The van der Waals surface area contributed by atoms with Crippen molar-refractivity contribution in [2.75, 3.05) is 18.9 Å². The Bertz CT molecular complexity index is 257. The fraction of sp³-hybridized carbons (Fsp3) is 0.400.